The fourth-order valence-corrected chi connectivity index (χ4v) is 4.70. The Hall–Kier alpha value is -3.84. The van der Waals surface area contributed by atoms with Gasteiger partial charge in [-0.15, -0.1) is 0 Å². The SMILES string of the molecule is COc1ccc(-n2cccc2[C@@H]2[C@H](c3ccccn3)NC(=S)N2c2ccccc2OC)cc1. The molecule has 0 spiro atoms. The van der Waals surface area contributed by atoms with Gasteiger partial charge < -0.3 is 24.3 Å². The lowest BCUT2D eigenvalue weighted by atomic mass is 10.0. The first-order chi connectivity index (χ1) is 16.2. The molecular weight excluding hydrogens is 432 g/mol. The van der Waals surface area contributed by atoms with Gasteiger partial charge in [-0.2, -0.15) is 0 Å². The van der Waals surface area contributed by atoms with E-state index in [4.69, 9.17) is 21.7 Å². The van der Waals surface area contributed by atoms with Crippen LogP contribution in [0.25, 0.3) is 5.69 Å². The van der Waals surface area contributed by atoms with Crippen LogP contribution in [0, 0.1) is 0 Å². The number of hydrogen-bond acceptors (Lipinski definition) is 4. The highest BCUT2D eigenvalue weighted by molar-refractivity contribution is 7.80. The lowest BCUT2D eigenvalue weighted by Gasteiger charge is -2.30. The van der Waals surface area contributed by atoms with Gasteiger partial charge in [-0.3, -0.25) is 4.98 Å². The number of pyridine rings is 1. The molecule has 166 valence electrons. The minimum atomic E-state index is -0.152. The number of benzene rings is 2. The second-order valence-electron chi connectivity index (χ2n) is 7.67. The van der Waals surface area contributed by atoms with Gasteiger partial charge in [0.25, 0.3) is 0 Å². The van der Waals surface area contributed by atoms with Gasteiger partial charge in [-0.1, -0.05) is 18.2 Å². The third kappa shape index (κ3) is 3.81. The van der Waals surface area contributed by atoms with Gasteiger partial charge in [0.15, 0.2) is 5.11 Å². The molecule has 0 aliphatic carbocycles. The van der Waals surface area contributed by atoms with E-state index in [2.05, 4.69) is 38.1 Å². The first-order valence-corrected chi connectivity index (χ1v) is 11.1. The van der Waals surface area contributed by atoms with Crippen LogP contribution < -0.4 is 19.7 Å². The summed E-state index contributed by atoms with van der Waals surface area (Å²) in [6.45, 7) is 0. The highest BCUT2D eigenvalue weighted by Gasteiger charge is 2.43. The van der Waals surface area contributed by atoms with E-state index >= 15 is 0 Å². The number of anilines is 1. The average molecular weight is 457 g/mol. The first-order valence-electron chi connectivity index (χ1n) is 10.7. The summed E-state index contributed by atoms with van der Waals surface area (Å²) in [5, 5.41) is 4.14. The molecule has 33 heavy (non-hydrogen) atoms. The molecule has 1 fully saturated rings. The van der Waals surface area contributed by atoms with Gasteiger partial charge in [0.1, 0.15) is 17.5 Å². The summed E-state index contributed by atoms with van der Waals surface area (Å²) >= 11 is 5.86. The van der Waals surface area contributed by atoms with Crippen LogP contribution in [0.2, 0.25) is 0 Å². The number of methoxy groups -OCH3 is 2. The molecule has 2 aromatic heterocycles. The van der Waals surface area contributed by atoms with Gasteiger partial charge >= 0.3 is 0 Å². The number of thiocarbonyl (C=S) groups is 1. The summed E-state index contributed by atoms with van der Waals surface area (Å²) in [6.07, 6.45) is 3.87. The van der Waals surface area contributed by atoms with Gasteiger partial charge in [0.2, 0.25) is 0 Å². The van der Waals surface area contributed by atoms with E-state index < -0.39 is 0 Å². The second kappa shape index (κ2) is 8.96. The van der Waals surface area contributed by atoms with Crippen LogP contribution in [0.4, 0.5) is 5.69 Å². The number of ether oxygens (including phenoxy) is 2. The van der Waals surface area contributed by atoms with Crippen LogP contribution in [0.5, 0.6) is 11.5 Å². The molecule has 2 atom stereocenters. The lowest BCUT2D eigenvalue weighted by molar-refractivity contribution is 0.414. The Morgan fingerprint density at radius 1 is 0.879 bits per heavy atom. The van der Waals surface area contributed by atoms with Crippen LogP contribution in [-0.4, -0.2) is 28.9 Å². The summed E-state index contributed by atoms with van der Waals surface area (Å²) in [6, 6.07) is 25.8. The van der Waals surface area contributed by atoms with E-state index in [0.29, 0.717) is 5.11 Å². The molecule has 0 radical (unpaired) electrons. The smallest absolute Gasteiger partial charge is 0.174 e. The molecule has 0 saturated carbocycles. The van der Waals surface area contributed by atoms with Gasteiger partial charge in [-0.05, 0) is 72.9 Å². The zero-order valence-corrected chi connectivity index (χ0v) is 19.2. The maximum absolute atomic E-state index is 5.86. The largest absolute Gasteiger partial charge is 0.497 e. The van der Waals surface area contributed by atoms with Crippen molar-refractivity contribution in [1.82, 2.24) is 14.9 Å². The number of para-hydroxylation sites is 2. The number of nitrogens with zero attached hydrogens (tertiary/aromatic N) is 3. The Morgan fingerprint density at radius 2 is 1.67 bits per heavy atom. The Bertz CT molecular complexity index is 1260. The van der Waals surface area contributed by atoms with Crippen molar-refractivity contribution in [3.63, 3.8) is 0 Å². The first kappa shape index (κ1) is 21.0. The fraction of sp³-hybridized carbons (Fsp3) is 0.154. The van der Waals surface area contributed by atoms with E-state index in [0.717, 1.165) is 34.3 Å². The molecule has 7 heteroatoms. The molecule has 1 N–H and O–H groups in total. The Labute approximate surface area is 198 Å². The predicted molar refractivity (Wildman–Crippen MR) is 133 cm³/mol. The quantitative estimate of drug-likeness (QED) is 0.409. The molecule has 5 rings (SSSR count). The molecule has 4 aromatic rings. The zero-order chi connectivity index (χ0) is 22.8. The molecule has 0 bridgehead atoms. The minimum Gasteiger partial charge on any atom is -0.497 e. The number of hydrogen-bond donors (Lipinski definition) is 1. The monoisotopic (exact) mass is 456 g/mol. The maximum atomic E-state index is 5.86. The van der Waals surface area contributed by atoms with Crippen molar-refractivity contribution < 1.29 is 9.47 Å². The summed E-state index contributed by atoms with van der Waals surface area (Å²) in [5.74, 6) is 1.58. The average Bonchev–Trinajstić information content (AvgIpc) is 3.48. The molecule has 2 aromatic carbocycles. The Balaban J connectivity index is 1.67. The number of nitrogens with one attached hydrogen (secondary N) is 1. The lowest BCUT2D eigenvalue weighted by Crippen LogP contribution is -2.30. The summed E-state index contributed by atoms with van der Waals surface area (Å²) in [5.41, 5.74) is 3.94. The molecule has 0 unspecified atom stereocenters. The second-order valence-corrected chi connectivity index (χ2v) is 8.06. The van der Waals surface area contributed by atoms with E-state index in [1.54, 1.807) is 14.2 Å². The van der Waals surface area contributed by atoms with E-state index in [-0.39, 0.29) is 12.1 Å². The van der Waals surface area contributed by atoms with Crippen LogP contribution in [0.1, 0.15) is 23.5 Å². The van der Waals surface area contributed by atoms with Crippen molar-refractivity contribution in [2.24, 2.45) is 0 Å². The fourth-order valence-electron chi connectivity index (χ4n) is 4.36. The van der Waals surface area contributed by atoms with Crippen molar-refractivity contribution in [2.45, 2.75) is 12.1 Å². The van der Waals surface area contributed by atoms with Crippen molar-refractivity contribution in [2.75, 3.05) is 19.1 Å². The Morgan fingerprint density at radius 3 is 2.39 bits per heavy atom. The van der Waals surface area contributed by atoms with E-state index in [1.165, 1.54) is 0 Å². The van der Waals surface area contributed by atoms with Crippen molar-refractivity contribution >= 4 is 23.0 Å². The third-order valence-electron chi connectivity index (χ3n) is 5.88. The molecular formula is C26H24N4O2S. The highest BCUT2D eigenvalue weighted by Crippen LogP contribution is 2.44. The normalized spacial score (nSPS) is 17.6. The van der Waals surface area contributed by atoms with Gasteiger partial charge in [-0.25, -0.2) is 0 Å². The van der Waals surface area contributed by atoms with Crippen molar-refractivity contribution in [3.05, 3.63) is 103 Å². The van der Waals surface area contributed by atoms with Gasteiger partial charge in [0.05, 0.1) is 31.6 Å². The maximum Gasteiger partial charge on any atom is 0.174 e. The van der Waals surface area contributed by atoms with Crippen LogP contribution >= 0.6 is 12.2 Å². The predicted octanol–water partition coefficient (Wildman–Crippen LogP) is 5.07. The highest BCUT2D eigenvalue weighted by atomic mass is 32.1. The van der Waals surface area contributed by atoms with Crippen LogP contribution in [-0.2, 0) is 0 Å². The van der Waals surface area contributed by atoms with Crippen LogP contribution in [0.3, 0.4) is 0 Å². The number of aromatic nitrogens is 2. The van der Waals surface area contributed by atoms with E-state index in [9.17, 15) is 0 Å². The molecule has 0 amide bonds. The third-order valence-corrected chi connectivity index (χ3v) is 6.19. The van der Waals surface area contributed by atoms with E-state index in [1.807, 2.05) is 72.9 Å². The standard InChI is InChI=1S/C26H24N4O2S/c1-31-19-14-12-18(13-15-19)29-17-7-10-22(29)25-24(20-8-5-6-16-27-20)28-26(33)30(25)21-9-3-4-11-23(21)32-2/h3-17,24-25H,1-2H3,(H,28,33)/t24-,25+/m0/s1. The molecule has 1 aliphatic heterocycles. The summed E-state index contributed by atoms with van der Waals surface area (Å²) in [7, 11) is 3.35. The van der Waals surface area contributed by atoms with Gasteiger partial charge in [0, 0.05) is 23.8 Å². The molecule has 1 aliphatic rings. The Kier molecular flexibility index (Phi) is 5.71. The molecule has 6 nitrogen and oxygen atoms in total. The summed E-state index contributed by atoms with van der Waals surface area (Å²) < 4.78 is 13.2. The summed E-state index contributed by atoms with van der Waals surface area (Å²) in [4.78, 5) is 6.77. The van der Waals surface area contributed by atoms with Crippen molar-refractivity contribution in [1.29, 1.82) is 0 Å². The topological polar surface area (TPSA) is 51.5 Å². The molecule has 3 heterocycles. The molecule has 1 saturated heterocycles. The zero-order valence-electron chi connectivity index (χ0n) is 18.4. The number of rotatable bonds is 6. The minimum absolute atomic E-state index is 0.143. The van der Waals surface area contributed by atoms with Crippen LogP contribution in [0.15, 0.2) is 91.3 Å². The van der Waals surface area contributed by atoms with Crippen molar-refractivity contribution in [3.8, 4) is 17.2 Å².